The van der Waals surface area contributed by atoms with Crippen LogP contribution in [0.2, 0.25) is 0 Å². The number of carboxylic acid groups (broad SMARTS) is 5. The highest BCUT2D eigenvalue weighted by Gasteiger charge is 2.59. The molecule has 0 aromatic heterocycles. The number of esters is 1. The number of hydrogen-bond donors (Lipinski definition) is 5. The normalized spacial score (nSPS) is 53.0. The monoisotopic (exact) mass is 1900 g/mol. The Labute approximate surface area is 836 Å². The molecule has 12 heteroatoms. The highest BCUT2D eigenvalue weighted by atomic mass is 16.5. The smallest absolute Gasteiger partial charge is 0.308 e. The van der Waals surface area contributed by atoms with Crippen LogP contribution < -0.4 is 0 Å². The van der Waals surface area contributed by atoms with E-state index < -0.39 is 29.8 Å². The zero-order valence-corrected chi connectivity index (χ0v) is 92.2. The van der Waals surface area contributed by atoms with Crippen LogP contribution in [0.25, 0.3) is 0 Å². The van der Waals surface area contributed by atoms with E-state index >= 15 is 0 Å². The van der Waals surface area contributed by atoms with Crippen molar-refractivity contribution in [1.29, 1.82) is 0 Å². The molecule has 59 atom stereocenters. The van der Waals surface area contributed by atoms with Gasteiger partial charge in [0, 0.05) is 0 Å². The van der Waals surface area contributed by atoms with E-state index in [0.29, 0.717) is 101 Å². The molecule has 778 valence electrons. The second kappa shape index (κ2) is 44.8. The van der Waals surface area contributed by atoms with Crippen molar-refractivity contribution in [3.05, 3.63) is 35.9 Å². The van der Waals surface area contributed by atoms with Gasteiger partial charge in [-0.15, -0.1) is 0 Å². The molecule has 137 heavy (non-hydrogen) atoms. The van der Waals surface area contributed by atoms with Crippen molar-refractivity contribution in [3.8, 4) is 0 Å². The number of carboxylic acids is 5. The highest BCUT2D eigenvalue weighted by molar-refractivity contribution is 5.74. The Hall–Kier alpha value is -3.96. The van der Waals surface area contributed by atoms with Crippen LogP contribution in [-0.4, -0.2) is 68.5 Å². The second-order valence-electron chi connectivity index (χ2n) is 55.6. The maximum Gasteiger partial charge on any atom is 0.308 e. The number of benzene rings is 1. The van der Waals surface area contributed by atoms with Crippen LogP contribution in [0.3, 0.4) is 0 Å². The average Bonchev–Trinajstić information content (AvgIpc) is 1.61. The number of aliphatic carboxylic acids is 5. The van der Waals surface area contributed by atoms with Gasteiger partial charge in [0.2, 0.25) is 0 Å². The van der Waals surface area contributed by atoms with E-state index in [1.807, 2.05) is 0 Å². The number of methoxy groups -OCH3 is 1. The van der Waals surface area contributed by atoms with E-state index in [1.165, 1.54) is 97.0 Å². The Morgan fingerprint density at radius 3 is 0.533 bits per heavy atom. The summed E-state index contributed by atoms with van der Waals surface area (Å²) in [6, 6.07) is 11.2. The zero-order chi connectivity index (χ0) is 100. The molecule has 24 aliphatic rings. The molecule has 24 fully saturated rings. The van der Waals surface area contributed by atoms with Gasteiger partial charge in [-0.2, -0.15) is 0 Å². The number of rotatable bonds is 7. The van der Waals surface area contributed by atoms with E-state index in [2.05, 4.69) is 224 Å². The first-order valence-corrected chi connectivity index (χ1v) is 58.8. The topological polar surface area (TPSA) is 213 Å². The molecular weight excluding hydrogens is 1690 g/mol. The fourth-order valence-corrected chi connectivity index (χ4v) is 39.6. The van der Waals surface area contributed by atoms with Crippen molar-refractivity contribution < 1.29 is 59.0 Å². The molecule has 0 saturated heterocycles. The van der Waals surface area contributed by atoms with Gasteiger partial charge < -0.3 is 30.3 Å². The van der Waals surface area contributed by atoms with Crippen LogP contribution in [0.4, 0.5) is 0 Å². The first-order chi connectivity index (χ1) is 64.5. The van der Waals surface area contributed by atoms with Gasteiger partial charge >= 0.3 is 35.8 Å². The molecule has 24 saturated carbocycles. The summed E-state index contributed by atoms with van der Waals surface area (Å²) < 4.78 is 4.83. The standard InChI is InChI=1S/C15H20.C11H18O2.5C10H16O2.4C10H18.C9H16/c1-10-11(2)14-8-13(10)9-15(14)12-6-4-3-5-7-12;1-6-7(2)9-4-8(6)5-10(9)11(12)13-3;5*1-5-6(2)8-3-7(5)4-9(8)10(11)12;4*1-6-4-9-5-10(6)8(3)7(9)2;1-6-7(2)9-4-3-8(6)5-9/h3-7,10-11,13-15H,8-9H2,1-2H3;6-10H,4-5H2,1-3H3;5*5-9H,3-4H2,1-2H3,(H,11,12);4*6-10H,4-5H2,1-3H3;6-9H,3-5H2,1-2H3. The summed E-state index contributed by atoms with van der Waals surface area (Å²) in [5, 5.41) is 44.7. The Bertz CT molecular complexity index is 3690. The number of carbonyl (C=O) groups excluding carboxylic acids is 1. The summed E-state index contributed by atoms with van der Waals surface area (Å²) in [5.74, 6) is 43.1. The van der Waals surface area contributed by atoms with E-state index in [-0.39, 0.29) is 41.5 Å². The zero-order valence-electron chi connectivity index (χ0n) is 92.2. The lowest BCUT2D eigenvalue weighted by molar-refractivity contribution is -0.148. The Balaban J connectivity index is 0.000000120. The van der Waals surface area contributed by atoms with Crippen molar-refractivity contribution in [1.82, 2.24) is 0 Å². The van der Waals surface area contributed by atoms with E-state index in [1.54, 1.807) is 37.7 Å². The van der Waals surface area contributed by atoms with Crippen LogP contribution in [-0.2, 0) is 33.5 Å². The van der Waals surface area contributed by atoms with Crippen molar-refractivity contribution in [2.24, 2.45) is 343 Å². The highest BCUT2D eigenvalue weighted by Crippen LogP contribution is 2.65. The molecule has 0 aliphatic heterocycles. The Morgan fingerprint density at radius 1 is 0.197 bits per heavy atom. The van der Waals surface area contributed by atoms with Crippen LogP contribution in [0.5, 0.6) is 0 Å². The first kappa shape index (κ1) is 109. The Kier molecular flexibility index (Phi) is 35.5. The SMILES string of the molecule is CC1C2CC(C(=O)O)C(C2)C1C.CC1C2CC(C(=O)O)C(C2)C1C.CC1C2CC(C(=O)O)C(C2)C1C.CC1C2CC(C(=O)O)C(C2)C1C.CC1C2CC(C(=O)O)C(C2)C1C.CC1C2CC(c3ccccc3)C(C2)C1C.CC1C2CCC(C2)C1C.CC1CC2CC1C(C)C2C.CC1CC2CC1C(C)C2C.CC1CC2CC1C(C)C2C.CC1CC2CC1C(C)C2C.COC(=O)C1CC2CC1C(C)C2C. The maximum atomic E-state index is 11.4. The lowest BCUT2D eigenvalue weighted by Gasteiger charge is -2.32. The van der Waals surface area contributed by atoms with E-state index in [4.69, 9.17) is 30.3 Å². The molecule has 0 radical (unpaired) electrons. The fourth-order valence-electron chi connectivity index (χ4n) is 39.6. The third kappa shape index (κ3) is 21.9. The summed E-state index contributed by atoms with van der Waals surface area (Å²) in [5.41, 5.74) is 1.59. The number of fused-ring (bicyclic) bond motifs is 24. The molecule has 1 aromatic rings. The molecule has 0 heterocycles. The van der Waals surface area contributed by atoms with Gasteiger partial charge in [-0.25, -0.2) is 0 Å². The molecule has 24 aliphatic carbocycles. The molecule has 5 N–H and O–H groups in total. The number of hydrogen-bond acceptors (Lipinski definition) is 7. The van der Waals surface area contributed by atoms with Crippen LogP contribution in [0.1, 0.15) is 366 Å². The molecule has 0 amide bonds. The minimum absolute atomic E-state index is 0.0197. The van der Waals surface area contributed by atoms with Gasteiger partial charge in [0.05, 0.1) is 42.6 Å². The molecule has 0 spiro atoms. The lowest BCUT2D eigenvalue weighted by Crippen LogP contribution is -2.30. The van der Waals surface area contributed by atoms with Crippen molar-refractivity contribution in [3.63, 3.8) is 0 Å². The predicted octanol–water partition coefficient (Wildman–Crippen LogP) is 30.6. The van der Waals surface area contributed by atoms with Crippen molar-refractivity contribution in [2.45, 2.75) is 360 Å². The number of carbonyl (C=O) groups is 6. The molecule has 1 aromatic carbocycles. The Morgan fingerprint density at radius 2 is 0.372 bits per heavy atom. The minimum Gasteiger partial charge on any atom is -0.481 e. The third-order valence-corrected chi connectivity index (χ3v) is 51.3. The van der Waals surface area contributed by atoms with Gasteiger partial charge in [0.25, 0.3) is 0 Å². The molecule has 25 rings (SSSR count). The van der Waals surface area contributed by atoms with Gasteiger partial charge in [-0.05, 0) is 480 Å². The van der Waals surface area contributed by atoms with Gasteiger partial charge in [0.1, 0.15) is 0 Å². The van der Waals surface area contributed by atoms with Crippen LogP contribution in [0.15, 0.2) is 30.3 Å². The van der Waals surface area contributed by atoms with Gasteiger partial charge in [-0.3, -0.25) is 28.8 Å². The predicted molar refractivity (Wildman–Crippen MR) is 556 cm³/mol. The molecule has 12 nitrogen and oxygen atoms in total. The van der Waals surface area contributed by atoms with E-state index in [9.17, 15) is 28.8 Å². The quantitative estimate of drug-likeness (QED) is 0.161. The third-order valence-electron chi connectivity index (χ3n) is 51.3. The van der Waals surface area contributed by atoms with Gasteiger partial charge in [-0.1, -0.05) is 224 Å². The van der Waals surface area contributed by atoms with Gasteiger partial charge in [0.15, 0.2) is 0 Å². The fraction of sp³-hybridized carbons (Fsp3) is 0.904. The molecular formula is C125H206O12. The summed E-state index contributed by atoms with van der Waals surface area (Å²) in [7, 11) is 1.50. The van der Waals surface area contributed by atoms with Crippen molar-refractivity contribution in [2.75, 3.05) is 7.11 Å². The molecule has 24 bridgehead atoms. The van der Waals surface area contributed by atoms with Crippen molar-refractivity contribution >= 4 is 35.8 Å². The first-order valence-electron chi connectivity index (χ1n) is 58.8. The minimum atomic E-state index is -0.568. The maximum absolute atomic E-state index is 11.4. The average molecular weight is 1900 g/mol. The largest absolute Gasteiger partial charge is 0.481 e. The van der Waals surface area contributed by atoms with Crippen LogP contribution in [0, 0.1) is 343 Å². The summed E-state index contributed by atoms with van der Waals surface area (Å²) in [6.07, 6.45) is 32.7. The molecule has 59 unspecified atom stereocenters. The number of ether oxygens (including phenoxy) is 1. The van der Waals surface area contributed by atoms with Crippen LogP contribution >= 0.6 is 0 Å². The van der Waals surface area contributed by atoms with E-state index in [0.717, 1.165) is 252 Å². The summed E-state index contributed by atoms with van der Waals surface area (Å²) >= 11 is 0. The lowest BCUT2D eigenvalue weighted by atomic mass is 9.73. The summed E-state index contributed by atoms with van der Waals surface area (Å²) in [4.78, 5) is 65.7. The summed E-state index contributed by atoms with van der Waals surface area (Å²) in [6.45, 7) is 66.2. The second-order valence-corrected chi connectivity index (χ2v) is 55.6.